The van der Waals surface area contributed by atoms with E-state index < -0.39 is 11.9 Å². The minimum atomic E-state index is -0.495. The van der Waals surface area contributed by atoms with Crippen molar-refractivity contribution in [1.29, 1.82) is 0 Å². The third kappa shape index (κ3) is 4.15. The number of hydrogen-bond acceptors (Lipinski definition) is 6. The Kier molecular flexibility index (Phi) is 5.54. The van der Waals surface area contributed by atoms with Gasteiger partial charge in [0, 0.05) is 24.4 Å². The fraction of sp³-hybridized carbons (Fsp3) is 0.421. The number of carbonyl (C=O) groups excluding carboxylic acids is 2. The molecule has 1 N–H and O–H groups in total. The summed E-state index contributed by atoms with van der Waals surface area (Å²) in [5, 5.41) is 3.34. The summed E-state index contributed by atoms with van der Waals surface area (Å²) in [6, 6.07) is 5.99. The van der Waals surface area contributed by atoms with Crippen LogP contribution in [0.3, 0.4) is 0 Å². The molecule has 1 fully saturated rings. The lowest BCUT2D eigenvalue weighted by Gasteiger charge is -2.26. The van der Waals surface area contributed by atoms with Crippen molar-refractivity contribution in [2.45, 2.75) is 31.9 Å². The largest absolute Gasteiger partial charge is 0.481 e. The van der Waals surface area contributed by atoms with E-state index in [0.29, 0.717) is 31.2 Å². The first kappa shape index (κ1) is 18.8. The summed E-state index contributed by atoms with van der Waals surface area (Å²) >= 11 is 1.37. The molecule has 1 unspecified atom stereocenters. The highest BCUT2D eigenvalue weighted by molar-refractivity contribution is 7.15. The van der Waals surface area contributed by atoms with Crippen LogP contribution in [0.1, 0.15) is 23.4 Å². The highest BCUT2D eigenvalue weighted by atomic mass is 32.1. The Balaban J connectivity index is 1.34. The van der Waals surface area contributed by atoms with Crippen LogP contribution in [-0.4, -0.2) is 47.6 Å². The molecule has 4 rings (SSSR count). The monoisotopic (exact) mass is 405 g/mol. The Bertz CT molecular complexity index is 882. The third-order valence-corrected chi connectivity index (χ3v) is 5.72. The van der Waals surface area contributed by atoms with Crippen LogP contribution < -0.4 is 10.1 Å². The van der Waals surface area contributed by atoms with E-state index in [1.54, 1.807) is 17.0 Å². The maximum Gasteiger partial charge on any atom is 0.260 e. The predicted octanol–water partition coefficient (Wildman–Crippen LogP) is 2.36. The van der Waals surface area contributed by atoms with E-state index in [-0.39, 0.29) is 24.2 Å². The van der Waals surface area contributed by atoms with E-state index >= 15 is 0 Å². The lowest BCUT2D eigenvalue weighted by molar-refractivity contribution is -0.134. The summed E-state index contributed by atoms with van der Waals surface area (Å²) in [6.45, 7) is 1.30. The number of benzene rings is 1. The molecule has 2 amide bonds. The average molecular weight is 405 g/mol. The number of anilines is 1. The van der Waals surface area contributed by atoms with Crippen molar-refractivity contribution in [2.75, 3.05) is 25.1 Å². The second-order valence-corrected chi connectivity index (χ2v) is 7.75. The topological polar surface area (TPSA) is 80.8 Å². The van der Waals surface area contributed by atoms with E-state index in [1.807, 2.05) is 0 Å². The van der Waals surface area contributed by atoms with E-state index in [9.17, 15) is 14.0 Å². The number of fused-ring (bicyclic) bond motifs is 1. The summed E-state index contributed by atoms with van der Waals surface area (Å²) in [5.74, 6) is -0.821. The molecular weight excluding hydrogens is 385 g/mol. The molecule has 1 aromatic heterocycles. The second kappa shape index (κ2) is 8.24. The number of halogens is 1. The van der Waals surface area contributed by atoms with Gasteiger partial charge in [-0.2, -0.15) is 0 Å². The van der Waals surface area contributed by atoms with E-state index in [4.69, 9.17) is 9.47 Å². The number of amides is 2. The fourth-order valence-corrected chi connectivity index (χ4v) is 4.25. The Labute approximate surface area is 165 Å². The van der Waals surface area contributed by atoms with Gasteiger partial charge in [0.1, 0.15) is 6.10 Å². The van der Waals surface area contributed by atoms with Crippen molar-refractivity contribution in [2.24, 2.45) is 0 Å². The summed E-state index contributed by atoms with van der Waals surface area (Å²) < 4.78 is 24.3. The molecule has 1 saturated heterocycles. The maximum absolute atomic E-state index is 13.6. The molecule has 0 bridgehead atoms. The van der Waals surface area contributed by atoms with Crippen LogP contribution in [0.2, 0.25) is 0 Å². The van der Waals surface area contributed by atoms with Gasteiger partial charge in [0.25, 0.3) is 11.8 Å². The average Bonchev–Trinajstić information content (AvgIpc) is 3.36. The van der Waals surface area contributed by atoms with Crippen molar-refractivity contribution in [3.8, 4) is 5.75 Å². The van der Waals surface area contributed by atoms with Gasteiger partial charge in [-0.05, 0) is 25.0 Å². The predicted molar refractivity (Wildman–Crippen MR) is 101 cm³/mol. The minimum Gasteiger partial charge on any atom is -0.481 e. The number of aromatic nitrogens is 1. The molecule has 148 valence electrons. The van der Waals surface area contributed by atoms with Gasteiger partial charge in [0.15, 0.2) is 23.3 Å². The van der Waals surface area contributed by atoms with Crippen molar-refractivity contribution in [1.82, 2.24) is 9.88 Å². The smallest absolute Gasteiger partial charge is 0.260 e. The van der Waals surface area contributed by atoms with Gasteiger partial charge in [-0.1, -0.05) is 23.5 Å². The zero-order valence-electron chi connectivity index (χ0n) is 15.2. The number of rotatable bonds is 5. The van der Waals surface area contributed by atoms with Gasteiger partial charge in [0.2, 0.25) is 0 Å². The number of nitrogens with one attached hydrogen (secondary N) is 1. The summed E-state index contributed by atoms with van der Waals surface area (Å²) in [7, 11) is 0. The van der Waals surface area contributed by atoms with Crippen LogP contribution in [0, 0.1) is 5.82 Å². The van der Waals surface area contributed by atoms with Gasteiger partial charge >= 0.3 is 0 Å². The van der Waals surface area contributed by atoms with E-state index in [2.05, 4.69) is 10.3 Å². The first-order chi connectivity index (χ1) is 13.6. The number of thiazole rings is 1. The van der Waals surface area contributed by atoms with E-state index in [0.717, 1.165) is 23.4 Å². The van der Waals surface area contributed by atoms with Gasteiger partial charge in [-0.25, -0.2) is 9.37 Å². The van der Waals surface area contributed by atoms with Crippen LogP contribution in [0.25, 0.3) is 0 Å². The third-order valence-electron chi connectivity index (χ3n) is 4.72. The second-order valence-electron chi connectivity index (χ2n) is 6.66. The molecule has 28 heavy (non-hydrogen) atoms. The summed E-state index contributed by atoms with van der Waals surface area (Å²) in [6.07, 6.45) is 1.81. The Morgan fingerprint density at radius 1 is 1.39 bits per heavy atom. The van der Waals surface area contributed by atoms with Crippen molar-refractivity contribution >= 4 is 28.3 Å². The summed E-state index contributed by atoms with van der Waals surface area (Å²) in [4.78, 5) is 31.7. The zero-order chi connectivity index (χ0) is 19.5. The molecule has 7 nitrogen and oxygen atoms in total. The standard InChI is InChI=1S/C19H20FN3O4S/c20-12-4-1-2-5-14(12)27-11-17(24)23-8-7-13-16(10-23)28-19(21-13)22-18(25)15-6-3-9-26-15/h1-2,4-5,15H,3,6-11H2,(H,21,22,25). The first-order valence-corrected chi connectivity index (χ1v) is 9.98. The van der Waals surface area contributed by atoms with Gasteiger partial charge < -0.3 is 14.4 Å². The quantitative estimate of drug-likeness (QED) is 0.826. The Morgan fingerprint density at radius 2 is 2.25 bits per heavy atom. The number of para-hydroxylation sites is 1. The fourth-order valence-electron chi connectivity index (χ4n) is 3.22. The molecular formula is C19H20FN3O4S. The van der Waals surface area contributed by atoms with Crippen LogP contribution >= 0.6 is 11.3 Å². The number of hydrogen-bond donors (Lipinski definition) is 1. The first-order valence-electron chi connectivity index (χ1n) is 9.16. The van der Waals surface area contributed by atoms with Gasteiger partial charge in [-0.3, -0.25) is 14.9 Å². The number of nitrogens with zero attached hydrogens (tertiary/aromatic N) is 2. The molecule has 0 radical (unpaired) electrons. The Morgan fingerprint density at radius 3 is 3.04 bits per heavy atom. The van der Waals surface area contributed by atoms with Crippen molar-refractivity contribution in [3.63, 3.8) is 0 Å². The molecule has 0 aliphatic carbocycles. The van der Waals surface area contributed by atoms with Crippen LogP contribution in [0.5, 0.6) is 5.75 Å². The van der Waals surface area contributed by atoms with Crippen molar-refractivity contribution < 1.29 is 23.5 Å². The Hall–Kier alpha value is -2.52. The molecule has 2 aliphatic heterocycles. The van der Waals surface area contributed by atoms with Crippen LogP contribution in [0.15, 0.2) is 24.3 Å². The maximum atomic E-state index is 13.6. The molecule has 9 heteroatoms. The van der Waals surface area contributed by atoms with Crippen LogP contribution in [-0.2, 0) is 27.3 Å². The van der Waals surface area contributed by atoms with Crippen LogP contribution in [0.4, 0.5) is 9.52 Å². The molecule has 0 spiro atoms. The molecule has 2 aliphatic rings. The highest BCUT2D eigenvalue weighted by Gasteiger charge is 2.27. The molecule has 2 aromatic rings. The molecule has 0 saturated carbocycles. The molecule has 1 aromatic carbocycles. The van der Waals surface area contributed by atoms with Gasteiger partial charge in [-0.15, -0.1) is 0 Å². The lowest BCUT2D eigenvalue weighted by Crippen LogP contribution is -2.38. The molecule has 1 atom stereocenters. The van der Waals surface area contributed by atoms with Gasteiger partial charge in [0.05, 0.1) is 12.2 Å². The highest BCUT2D eigenvalue weighted by Crippen LogP contribution is 2.29. The number of carbonyl (C=O) groups is 2. The van der Waals surface area contributed by atoms with Crippen molar-refractivity contribution in [3.05, 3.63) is 40.7 Å². The van der Waals surface area contributed by atoms with E-state index in [1.165, 1.54) is 23.5 Å². The minimum absolute atomic E-state index is 0.0606. The zero-order valence-corrected chi connectivity index (χ0v) is 16.0. The SMILES string of the molecule is O=C(Nc1nc2c(s1)CN(C(=O)COc1ccccc1F)CC2)C1CCCO1. The summed E-state index contributed by atoms with van der Waals surface area (Å²) in [5.41, 5.74) is 0.895. The number of ether oxygens (including phenoxy) is 2. The lowest BCUT2D eigenvalue weighted by atomic mass is 10.2. The normalized spacial score (nSPS) is 18.6. The molecule has 3 heterocycles.